The maximum absolute atomic E-state index is 12.8. The minimum atomic E-state index is -3.49. The van der Waals surface area contributed by atoms with E-state index >= 15 is 0 Å². The van der Waals surface area contributed by atoms with Gasteiger partial charge in [-0.25, -0.2) is 13.4 Å². The van der Waals surface area contributed by atoms with Crippen molar-refractivity contribution in [3.05, 3.63) is 52.3 Å². The number of thiazole rings is 1. The van der Waals surface area contributed by atoms with Crippen molar-refractivity contribution in [3.63, 3.8) is 0 Å². The maximum atomic E-state index is 12.8. The van der Waals surface area contributed by atoms with E-state index in [-0.39, 0.29) is 12.3 Å². The van der Waals surface area contributed by atoms with Crippen LogP contribution in [0.5, 0.6) is 5.75 Å². The van der Waals surface area contributed by atoms with Crippen molar-refractivity contribution in [2.24, 2.45) is 0 Å². The summed E-state index contributed by atoms with van der Waals surface area (Å²) in [5.74, 6) is 0.740. The second-order valence-electron chi connectivity index (χ2n) is 7.40. The second-order valence-corrected chi connectivity index (χ2v) is 11.7. The van der Waals surface area contributed by atoms with Crippen LogP contribution >= 0.6 is 22.7 Å². The summed E-state index contributed by atoms with van der Waals surface area (Å²) in [6.07, 6.45) is 0.199. The molecule has 1 aliphatic heterocycles. The van der Waals surface area contributed by atoms with E-state index in [1.54, 1.807) is 11.0 Å². The van der Waals surface area contributed by atoms with E-state index in [0.29, 0.717) is 42.7 Å². The number of piperazine rings is 1. The predicted molar refractivity (Wildman–Crippen MR) is 127 cm³/mol. The van der Waals surface area contributed by atoms with Crippen molar-refractivity contribution < 1.29 is 17.9 Å². The zero-order valence-electron chi connectivity index (χ0n) is 18.0. The maximum Gasteiger partial charge on any atom is 0.252 e. The highest BCUT2D eigenvalue weighted by Crippen LogP contribution is 2.32. The van der Waals surface area contributed by atoms with Gasteiger partial charge in [-0.05, 0) is 38.1 Å². The number of para-hydroxylation sites is 1. The van der Waals surface area contributed by atoms with E-state index in [4.69, 9.17) is 4.74 Å². The van der Waals surface area contributed by atoms with Gasteiger partial charge in [-0.15, -0.1) is 22.7 Å². The lowest BCUT2D eigenvalue weighted by Crippen LogP contribution is -2.50. The van der Waals surface area contributed by atoms with Gasteiger partial charge in [-0.2, -0.15) is 4.31 Å². The van der Waals surface area contributed by atoms with Gasteiger partial charge < -0.3 is 9.64 Å². The number of nitrogens with zero attached hydrogens (tertiary/aromatic N) is 3. The first-order chi connectivity index (χ1) is 15.4. The number of carbonyl (C=O) groups excluding carboxylic acids is 1. The Balaban J connectivity index is 1.37. The number of carbonyl (C=O) groups is 1. The van der Waals surface area contributed by atoms with Crippen LogP contribution in [0.15, 0.2) is 46.0 Å². The Morgan fingerprint density at radius 3 is 2.56 bits per heavy atom. The summed E-state index contributed by atoms with van der Waals surface area (Å²) in [5.41, 5.74) is 1.63. The molecule has 1 amide bonds. The van der Waals surface area contributed by atoms with Gasteiger partial charge in [-0.3, -0.25) is 4.79 Å². The molecule has 1 saturated heterocycles. The second kappa shape index (κ2) is 9.70. The summed E-state index contributed by atoms with van der Waals surface area (Å²) < 4.78 is 33.1. The molecule has 0 N–H and O–H groups in total. The highest BCUT2D eigenvalue weighted by Gasteiger charge is 2.31. The largest absolute Gasteiger partial charge is 0.493 e. The quantitative estimate of drug-likeness (QED) is 0.504. The number of rotatable bonds is 7. The third-order valence-corrected chi connectivity index (χ3v) is 9.49. The Labute approximate surface area is 196 Å². The van der Waals surface area contributed by atoms with Crippen molar-refractivity contribution in [2.75, 3.05) is 32.8 Å². The molecule has 1 aromatic carbocycles. The number of aromatic nitrogens is 1. The summed E-state index contributed by atoms with van der Waals surface area (Å²) in [4.78, 5) is 20.1. The van der Waals surface area contributed by atoms with Gasteiger partial charge in [0, 0.05) is 36.4 Å². The van der Waals surface area contributed by atoms with Crippen molar-refractivity contribution in [3.8, 4) is 16.3 Å². The van der Waals surface area contributed by atoms with E-state index in [0.717, 1.165) is 21.2 Å². The number of sulfonamides is 1. The normalized spacial score (nSPS) is 15.1. The van der Waals surface area contributed by atoms with E-state index in [1.807, 2.05) is 49.6 Å². The van der Waals surface area contributed by atoms with Crippen LogP contribution in [0, 0.1) is 6.92 Å². The van der Waals surface area contributed by atoms with Crippen molar-refractivity contribution in [1.29, 1.82) is 0 Å². The summed E-state index contributed by atoms with van der Waals surface area (Å²) in [7, 11) is -3.49. The lowest BCUT2D eigenvalue weighted by Gasteiger charge is -2.33. The molecule has 0 radical (unpaired) electrons. The zero-order chi connectivity index (χ0) is 22.7. The number of ether oxygens (including phenoxy) is 1. The minimum absolute atomic E-state index is 0.0380. The molecule has 32 heavy (non-hydrogen) atoms. The van der Waals surface area contributed by atoms with Gasteiger partial charge >= 0.3 is 0 Å². The highest BCUT2D eigenvalue weighted by atomic mass is 32.2. The van der Waals surface area contributed by atoms with E-state index < -0.39 is 10.0 Å². The Bertz CT molecular complexity index is 1190. The van der Waals surface area contributed by atoms with Crippen molar-refractivity contribution in [1.82, 2.24) is 14.2 Å². The van der Waals surface area contributed by atoms with Crippen LogP contribution in [0.4, 0.5) is 0 Å². The first-order valence-corrected chi connectivity index (χ1v) is 13.5. The minimum Gasteiger partial charge on any atom is -0.493 e. The van der Waals surface area contributed by atoms with Crippen LogP contribution < -0.4 is 4.74 Å². The first-order valence-electron chi connectivity index (χ1n) is 10.4. The van der Waals surface area contributed by atoms with Gasteiger partial charge in [-0.1, -0.05) is 12.1 Å². The van der Waals surface area contributed by atoms with E-state index in [9.17, 15) is 13.2 Å². The Hall–Kier alpha value is -2.27. The topological polar surface area (TPSA) is 79.8 Å². The molecule has 0 saturated carbocycles. The third kappa shape index (κ3) is 4.88. The first kappa shape index (κ1) is 22.9. The molecule has 4 rings (SSSR count). The molecule has 0 spiro atoms. The molecule has 7 nitrogen and oxygen atoms in total. The van der Waals surface area contributed by atoms with Crippen molar-refractivity contribution in [2.45, 2.75) is 24.5 Å². The number of hydrogen-bond donors (Lipinski definition) is 0. The van der Waals surface area contributed by atoms with Gasteiger partial charge in [0.1, 0.15) is 15.0 Å². The molecular weight excluding hydrogens is 466 g/mol. The highest BCUT2D eigenvalue weighted by molar-refractivity contribution is 7.91. The van der Waals surface area contributed by atoms with Gasteiger partial charge in [0.05, 0.1) is 24.3 Å². The molecular formula is C22H25N3O4S3. The number of aryl methyl sites for hydroxylation is 1. The molecule has 0 aliphatic carbocycles. The predicted octanol–water partition coefficient (Wildman–Crippen LogP) is 3.65. The molecule has 0 atom stereocenters. The summed E-state index contributed by atoms with van der Waals surface area (Å²) in [5, 5.41) is 2.72. The summed E-state index contributed by atoms with van der Waals surface area (Å²) >= 11 is 2.76. The van der Waals surface area contributed by atoms with Crippen LogP contribution in [0.25, 0.3) is 10.6 Å². The van der Waals surface area contributed by atoms with Gasteiger partial charge in [0.15, 0.2) is 0 Å². The van der Waals surface area contributed by atoms with Crippen LogP contribution in [0.1, 0.15) is 17.5 Å². The van der Waals surface area contributed by atoms with Gasteiger partial charge in [0.2, 0.25) is 5.91 Å². The molecule has 170 valence electrons. The fourth-order valence-corrected chi connectivity index (χ4v) is 7.27. The number of amides is 1. The fraction of sp³-hybridized carbons (Fsp3) is 0.364. The molecule has 2 aromatic heterocycles. The lowest BCUT2D eigenvalue weighted by molar-refractivity contribution is -0.131. The Kier molecular flexibility index (Phi) is 6.94. The summed E-state index contributed by atoms with van der Waals surface area (Å²) in [6, 6.07) is 11.2. The smallest absolute Gasteiger partial charge is 0.252 e. The van der Waals surface area contributed by atoms with Crippen LogP contribution in [-0.2, 0) is 21.2 Å². The Morgan fingerprint density at radius 1 is 1.12 bits per heavy atom. The van der Waals surface area contributed by atoms with E-state index in [1.165, 1.54) is 27.0 Å². The van der Waals surface area contributed by atoms with Gasteiger partial charge in [0.25, 0.3) is 10.0 Å². The molecule has 1 aliphatic rings. The van der Waals surface area contributed by atoms with Crippen LogP contribution in [0.3, 0.4) is 0 Å². The third-order valence-electron chi connectivity index (χ3n) is 5.20. The van der Waals surface area contributed by atoms with Crippen LogP contribution in [0.2, 0.25) is 0 Å². The standard InChI is InChI=1S/C22H25N3O4S3/c1-3-29-19-7-5-4-6-18(19)22-23-17(15-30-22)14-20(26)24-10-12-25(13-11-24)32(27,28)21-9-8-16(2)31-21/h4-9,15H,3,10-14H2,1-2H3. The fourth-order valence-electron chi connectivity index (χ4n) is 3.56. The molecule has 3 heterocycles. The Morgan fingerprint density at radius 2 is 1.88 bits per heavy atom. The molecule has 10 heteroatoms. The average molecular weight is 492 g/mol. The zero-order valence-corrected chi connectivity index (χ0v) is 20.4. The molecule has 0 bridgehead atoms. The monoisotopic (exact) mass is 491 g/mol. The lowest BCUT2D eigenvalue weighted by atomic mass is 10.2. The number of benzene rings is 1. The number of thiophene rings is 1. The number of hydrogen-bond acceptors (Lipinski definition) is 7. The average Bonchev–Trinajstić information content (AvgIpc) is 3.44. The molecule has 1 fully saturated rings. The SMILES string of the molecule is CCOc1ccccc1-c1nc(CC(=O)N2CCN(S(=O)(=O)c3ccc(C)s3)CC2)cs1. The molecule has 0 unspecified atom stereocenters. The summed E-state index contributed by atoms with van der Waals surface area (Å²) in [6.45, 7) is 5.76. The molecule has 3 aromatic rings. The van der Waals surface area contributed by atoms with Crippen LogP contribution in [-0.4, -0.2) is 61.3 Å². The van der Waals surface area contributed by atoms with Crippen molar-refractivity contribution >= 4 is 38.6 Å². The van der Waals surface area contributed by atoms with E-state index in [2.05, 4.69) is 4.98 Å².